The molecule has 2 aliphatic heterocycles. The van der Waals surface area contributed by atoms with E-state index >= 15 is 0 Å². The van der Waals surface area contributed by atoms with Crippen LogP contribution in [0.15, 0.2) is 34.5 Å². The Bertz CT molecular complexity index is 680. The molecule has 26 heavy (non-hydrogen) atoms. The van der Waals surface area contributed by atoms with Gasteiger partial charge in [-0.3, -0.25) is 0 Å². The van der Waals surface area contributed by atoms with Gasteiger partial charge in [-0.25, -0.2) is 30.2 Å². The molecule has 0 spiro atoms. The van der Waals surface area contributed by atoms with Crippen molar-refractivity contribution in [2.45, 2.75) is 37.3 Å². The lowest BCUT2D eigenvalue weighted by Gasteiger charge is -2.30. The molecule has 3 aliphatic rings. The Balaban J connectivity index is 0.000000197. The van der Waals surface area contributed by atoms with Gasteiger partial charge < -0.3 is 4.74 Å². The smallest absolute Gasteiger partial charge is 0.289 e. The Hall–Kier alpha value is -1.95. The van der Waals surface area contributed by atoms with Crippen LogP contribution in [-0.2, 0) is 4.74 Å². The summed E-state index contributed by atoms with van der Waals surface area (Å²) in [6.07, 6.45) is 7.18. The molecule has 0 saturated heterocycles. The standard InChI is InChI=1S/C8H10ClN3O3.C4H3Cl2N3O2/c9-7-4-5-11(12(13)14)8(10-7)15-6-2-1-3-6;5-3-1-2-8(9(10)11)4(6)7-3/h4-6,8H,1-3H2;1-2,4H. The van der Waals surface area contributed by atoms with Crippen molar-refractivity contribution in [1.29, 1.82) is 0 Å². The van der Waals surface area contributed by atoms with Crippen LogP contribution in [0.2, 0.25) is 0 Å². The molecule has 2 unspecified atom stereocenters. The maximum Gasteiger partial charge on any atom is 0.289 e. The van der Waals surface area contributed by atoms with E-state index in [9.17, 15) is 20.2 Å². The molecule has 3 rings (SSSR count). The number of alkyl halides is 1. The molecule has 0 aromatic carbocycles. The second-order valence-electron chi connectivity index (χ2n) is 5.10. The van der Waals surface area contributed by atoms with Crippen molar-refractivity contribution >= 4 is 45.1 Å². The van der Waals surface area contributed by atoms with Crippen LogP contribution in [0.1, 0.15) is 19.3 Å². The highest BCUT2D eigenvalue weighted by atomic mass is 35.5. The van der Waals surface area contributed by atoms with Crippen molar-refractivity contribution in [3.63, 3.8) is 0 Å². The number of aliphatic imine (C=N–C) groups is 2. The molecule has 0 radical (unpaired) electrons. The topological polar surface area (TPSA) is 127 Å². The van der Waals surface area contributed by atoms with Gasteiger partial charge in [0.15, 0.2) is 10.1 Å². The summed E-state index contributed by atoms with van der Waals surface area (Å²) in [5.74, 6) is 0. The first kappa shape index (κ1) is 20.4. The Morgan fingerprint density at radius 1 is 1.04 bits per heavy atom. The van der Waals surface area contributed by atoms with Gasteiger partial charge in [0, 0.05) is 0 Å². The second kappa shape index (κ2) is 9.12. The number of rotatable bonds is 4. The number of hydrazine groups is 2. The van der Waals surface area contributed by atoms with E-state index in [1.807, 2.05) is 0 Å². The van der Waals surface area contributed by atoms with Crippen LogP contribution in [0.25, 0.3) is 0 Å². The lowest BCUT2D eigenvalue weighted by Crippen LogP contribution is -2.42. The number of hydrogen-bond acceptors (Lipinski definition) is 7. The van der Waals surface area contributed by atoms with Crippen LogP contribution in [0.3, 0.4) is 0 Å². The highest BCUT2D eigenvalue weighted by Crippen LogP contribution is 2.25. The molecule has 1 aliphatic carbocycles. The van der Waals surface area contributed by atoms with Crippen LogP contribution in [0, 0.1) is 20.2 Å². The van der Waals surface area contributed by atoms with Crippen molar-refractivity contribution in [2.24, 2.45) is 9.98 Å². The van der Waals surface area contributed by atoms with Crippen molar-refractivity contribution in [1.82, 2.24) is 10.0 Å². The SMILES string of the molecule is O=[N+]([O-])N1C=CC(Cl)=NC1Cl.O=[N+]([O-])N1C=CC(Cl)=NC1OC1CCC1. The van der Waals surface area contributed by atoms with Gasteiger partial charge in [0.2, 0.25) is 0 Å². The first-order chi connectivity index (χ1) is 12.3. The molecule has 1 fully saturated rings. The monoisotopic (exact) mass is 426 g/mol. The molecule has 0 amide bonds. The zero-order valence-corrected chi connectivity index (χ0v) is 15.3. The average molecular weight is 428 g/mol. The third kappa shape index (κ3) is 5.53. The van der Waals surface area contributed by atoms with E-state index in [1.54, 1.807) is 0 Å². The van der Waals surface area contributed by atoms with E-state index in [-0.39, 0.29) is 16.4 Å². The average Bonchev–Trinajstić information content (AvgIpc) is 2.51. The number of ether oxygens (including phenoxy) is 1. The molecule has 0 bridgehead atoms. The molecular formula is C12H13Cl3N6O5. The summed E-state index contributed by atoms with van der Waals surface area (Å²) in [6, 6.07) is 0. The van der Waals surface area contributed by atoms with Gasteiger partial charge in [-0.2, -0.15) is 0 Å². The van der Waals surface area contributed by atoms with Crippen LogP contribution < -0.4 is 0 Å². The summed E-state index contributed by atoms with van der Waals surface area (Å²) in [4.78, 5) is 28.2. The fourth-order valence-corrected chi connectivity index (χ4v) is 2.45. The first-order valence-electron chi connectivity index (χ1n) is 7.25. The van der Waals surface area contributed by atoms with E-state index in [0.717, 1.165) is 30.5 Å². The van der Waals surface area contributed by atoms with Gasteiger partial charge in [-0.1, -0.05) is 44.8 Å². The summed E-state index contributed by atoms with van der Waals surface area (Å²) in [5.41, 5.74) is -1.05. The molecule has 2 heterocycles. The predicted octanol–water partition coefficient (Wildman–Crippen LogP) is 2.66. The molecule has 0 aromatic rings. The molecule has 0 aromatic heterocycles. The number of nitro groups is 2. The van der Waals surface area contributed by atoms with Crippen LogP contribution >= 0.6 is 34.8 Å². The Morgan fingerprint density at radius 3 is 2.04 bits per heavy atom. The lowest BCUT2D eigenvalue weighted by molar-refractivity contribution is -0.660. The molecular weight excluding hydrogens is 415 g/mol. The van der Waals surface area contributed by atoms with E-state index in [4.69, 9.17) is 39.5 Å². The Labute approximate surface area is 162 Å². The zero-order valence-electron chi connectivity index (χ0n) is 13.0. The van der Waals surface area contributed by atoms with Gasteiger partial charge in [0.05, 0.1) is 18.5 Å². The molecule has 0 N–H and O–H groups in total. The van der Waals surface area contributed by atoms with Gasteiger partial charge >= 0.3 is 0 Å². The normalized spacial score (nSPS) is 24.9. The fraction of sp³-hybridized carbons (Fsp3) is 0.500. The van der Waals surface area contributed by atoms with E-state index in [0.29, 0.717) is 5.01 Å². The van der Waals surface area contributed by atoms with Gasteiger partial charge in [-0.05, 0) is 31.4 Å². The highest BCUT2D eigenvalue weighted by Gasteiger charge is 2.32. The Kier molecular flexibility index (Phi) is 7.14. The fourth-order valence-electron chi connectivity index (χ4n) is 1.87. The van der Waals surface area contributed by atoms with Crippen LogP contribution in [-0.4, -0.2) is 48.5 Å². The van der Waals surface area contributed by atoms with Gasteiger partial charge in [0.25, 0.3) is 12.0 Å². The van der Waals surface area contributed by atoms with E-state index in [1.165, 1.54) is 18.4 Å². The molecule has 1 saturated carbocycles. The Morgan fingerprint density at radius 2 is 1.58 bits per heavy atom. The first-order valence-corrected chi connectivity index (χ1v) is 8.45. The number of halogens is 3. The summed E-state index contributed by atoms with van der Waals surface area (Å²) < 4.78 is 5.43. The minimum absolute atomic E-state index is 0.0668. The largest absolute Gasteiger partial charge is 0.332 e. The van der Waals surface area contributed by atoms with E-state index in [2.05, 4.69) is 9.98 Å². The second-order valence-corrected chi connectivity index (χ2v) is 6.26. The minimum Gasteiger partial charge on any atom is -0.332 e. The summed E-state index contributed by atoms with van der Waals surface area (Å²) in [5, 5.41) is 21.4. The van der Waals surface area contributed by atoms with Crippen molar-refractivity contribution < 1.29 is 14.8 Å². The maximum absolute atomic E-state index is 10.6. The van der Waals surface area contributed by atoms with Gasteiger partial charge in [0.1, 0.15) is 10.3 Å². The van der Waals surface area contributed by atoms with Crippen molar-refractivity contribution in [3.8, 4) is 0 Å². The van der Waals surface area contributed by atoms with Gasteiger partial charge in [-0.15, -0.1) is 0 Å². The third-order valence-corrected chi connectivity index (χ3v) is 4.13. The van der Waals surface area contributed by atoms with Crippen molar-refractivity contribution in [3.05, 3.63) is 44.8 Å². The molecule has 11 nitrogen and oxygen atoms in total. The number of allylic oxidation sites excluding steroid dienone is 2. The van der Waals surface area contributed by atoms with Crippen molar-refractivity contribution in [2.75, 3.05) is 0 Å². The molecule has 2 atom stereocenters. The number of nitrogens with zero attached hydrogens (tertiary/aromatic N) is 6. The maximum atomic E-state index is 10.6. The lowest BCUT2D eigenvalue weighted by atomic mass is 9.96. The molecule has 14 heteroatoms. The number of hydrogen-bond donors (Lipinski definition) is 0. The third-order valence-electron chi connectivity index (χ3n) is 3.38. The minimum atomic E-state index is -1.05. The summed E-state index contributed by atoms with van der Waals surface area (Å²) >= 11 is 16.5. The quantitative estimate of drug-likeness (QED) is 0.292. The zero-order chi connectivity index (χ0) is 19.3. The summed E-state index contributed by atoms with van der Waals surface area (Å²) in [7, 11) is 0. The van der Waals surface area contributed by atoms with E-state index < -0.39 is 22.0 Å². The highest BCUT2D eigenvalue weighted by molar-refractivity contribution is 6.68. The van der Waals surface area contributed by atoms with Crippen LogP contribution in [0.4, 0.5) is 0 Å². The van der Waals surface area contributed by atoms with Crippen LogP contribution in [0.5, 0.6) is 0 Å². The summed E-state index contributed by atoms with van der Waals surface area (Å²) in [6.45, 7) is 0. The molecule has 142 valence electrons. The predicted molar refractivity (Wildman–Crippen MR) is 94.7 cm³/mol.